The van der Waals surface area contributed by atoms with E-state index in [9.17, 15) is 4.79 Å². The highest BCUT2D eigenvalue weighted by Crippen LogP contribution is 2.22. The minimum absolute atomic E-state index is 0.0309. The number of nitrogens with one attached hydrogen (secondary N) is 1. The van der Waals surface area contributed by atoms with Gasteiger partial charge in [-0.3, -0.25) is 4.98 Å². The number of pyridine rings is 1. The van der Waals surface area contributed by atoms with Gasteiger partial charge in [0.05, 0.1) is 12.1 Å². The van der Waals surface area contributed by atoms with Gasteiger partial charge in [0.1, 0.15) is 0 Å². The Balaban J connectivity index is 1.82. The number of amides is 2. The maximum Gasteiger partial charge on any atom is 0.317 e. The number of urea groups is 1. The lowest BCUT2D eigenvalue weighted by Gasteiger charge is -2.28. The van der Waals surface area contributed by atoms with Crippen LogP contribution in [0.2, 0.25) is 0 Å². The van der Waals surface area contributed by atoms with Crippen molar-refractivity contribution in [1.29, 1.82) is 0 Å². The summed E-state index contributed by atoms with van der Waals surface area (Å²) in [6, 6.07) is 3.97. The van der Waals surface area contributed by atoms with Crippen LogP contribution < -0.4 is 5.32 Å². The molecule has 1 aromatic rings. The third-order valence-corrected chi connectivity index (χ3v) is 4.03. The predicted octanol–water partition coefficient (Wildman–Crippen LogP) is 2.74. The van der Waals surface area contributed by atoms with Crippen molar-refractivity contribution in [3.63, 3.8) is 0 Å². The normalized spacial score (nSPS) is 19.2. The van der Waals surface area contributed by atoms with E-state index in [1.165, 1.54) is 0 Å². The van der Waals surface area contributed by atoms with Crippen LogP contribution in [0.15, 0.2) is 24.5 Å². The second kappa shape index (κ2) is 7.98. The summed E-state index contributed by atoms with van der Waals surface area (Å²) < 4.78 is 5.56. The summed E-state index contributed by atoms with van der Waals surface area (Å²) in [5, 5.41) is 2.99. The molecule has 0 bridgehead atoms. The molecular formula is C16H25N3O2. The molecular weight excluding hydrogens is 266 g/mol. The molecule has 5 nitrogen and oxygen atoms in total. The van der Waals surface area contributed by atoms with E-state index in [1.807, 2.05) is 19.2 Å². The highest BCUT2D eigenvalue weighted by atomic mass is 16.5. The van der Waals surface area contributed by atoms with Crippen molar-refractivity contribution in [2.75, 3.05) is 20.2 Å². The van der Waals surface area contributed by atoms with Crippen LogP contribution in [0.25, 0.3) is 0 Å². The van der Waals surface area contributed by atoms with Crippen LogP contribution >= 0.6 is 0 Å². The fourth-order valence-electron chi connectivity index (χ4n) is 2.80. The van der Waals surface area contributed by atoms with E-state index in [0.29, 0.717) is 12.6 Å². The molecule has 1 aliphatic rings. The van der Waals surface area contributed by atoms with Crippen LogP contribution in [0.5, 0.6) is 0 Å². The molecule has 1 N–H and O–H groups in total. The van der Waals surface area contributed by atoms with E-state index in [-0.39, 0.29) is 12.1 Å². The number of hydrogen-bond acceptors (Lipinski definition) is 3. The fraction of sp³-hybridized carbons (Fsp3) is 0.625. The smallest absolute Gasteiger partial charge is 0.317 e. The summed E-state index contributed by atoms with van der Waals surface area (Å²) >= 11 is 0. The van der Waals surface area contributed by atoms with Gasteiger partial charge in [-0.25, -0.2) is 4.79 Å². The molecule has 2 unspecified atom stereocenters. The number of ether oxygens (including phenoxy) is 1. The van der Waals surface area contributed by atoms with Gasteiger partial charge in [-0.15, -0.1) is 0 Å². The Bertz CT molecular complexity index is 432. The van der Waals surface area contributed by atoms with Crippen molar-refractivity contribution >= 4 is 6.03 Å². The molecule has 1 fully saturated rings. The third kappa shape index (κ3) is 4.43. The molecule has 116 valence electrons. The van der Waals surface area contributed by atoms with Crippen LogP contribution in [0.3, 0.4) is 0 Å². The Kier molecular flexibility index (Phi) is 5.99. The van der Waals surface area contributed by atoms with Gasteiger partial charge in [0.2, 0.25) is 0 Å². The van der Waals surface area contributed by atoms with Gasteiger partial charge >= 0.3 is 6.03 Å². The quantitative estimate of drug-likeness (QED) is 0.877. The van der Waals surface area contributed by atoms with Gasteiger partial charge in [-0.1, -0.05) is 6.92 Å². The van der Waals surface area contributed by atoms with Gasteiger partial charge in [0, 0.05) is 32.6 Å². The highest BCUT2D eigenvalue weighted by Gasteiger charge is 2.20. The molecule has 0 spiro atoms. The first-order valence-electron chi connectivity index (χ1n) is 7.74. The number of carbonyl (C=O) groups excluding carboxylic acids is 1. The second-order valence-corrected chi connectivity index (χ2v) is 5.47. The first-order valence-corrected chi connectivity index (χ1v) is 7.74. The maximum absolute atomic E-state index is 12.2. The van der Waals surface area contributed by atoms with E-state index < -0.39 is 0 Å². The number of carbonyl (C=O) groups is 1. The zero-order chi connectivity index (χ0) is 15.1. The summed E-state index contributed by atoms with van der Waals surface area (Å²) in [7, 11) is 1.84. The van der Waals surface area contributed by atoms with Crippen LogP contribution in [-0.2, 0) is 4.74 Å². The molecule has 1 aliphatic heterocycles. The average Bonchev–Trinajstić information content (AvgIpc) is 3.02. The number of aromatic nitrogens is 1. The van der Waals surface area contributed by atoms with E-state index >= 15 is 0 Å². The van der Waals surface area contributed by atoms with Crippen LogP contribution in [0, 0.1) is 0 Å². The zero-order valence-electron chi connectivity index (χ0n) is 12.9. The van der Waals surface area contributed by atoms with Gasteiger partial charge < -0.3 is 15.0 Å². The lowest BCUT2D eigenvalue weighted by atomic mass is 10.1. The highest BCUT2D eigenvalue weighted by molar-refractivity contribution is 5.74. The lowest BCUT2D eigenvalue weighted by Crippen LogP contribution is -2.40. The minimum Gasteiger partial charge on any atom is -0.378 e. The average molecular weight is 291 g/mol. The van der Waals surface area contributed by atoms with Crippen LogP contribution in [0.4, 0.5) is 4.79 Å². The van der Waals surface area contributed by atoms with Crippen molar-refractivity contribution in [2.45, 2.75) is 44.8 Å². The molecule has 0 radical (unpaired) electrons. The number of rotatable bonds is 6. The first-order chi connectivity index (χ1) is 10.2. The molecule has 2 heterocycles. The van der Waals surface area contributed by atoms with Crippen molar-refractivity contribution in [2.24, 2.45) is 0 Å². The molecule has 21 heavy (non-hydrogen) atoms. The molecule has 0 aromatic carbocycles. The molecule has 5 heteroatoms. The summed E-state index contributed by atoms with van der Waals surface area (Å²) in [5.41, 5.74) is 1.12. The molecule has 0 aliphatic carbocycles. The number of nitrogens with zero attached hydrogens (tertiary/aromatic N) is 2. The zero-order valence-corrected chi connectivity index (χ0v) is 12.9. The van der Waals surface area contributed by atoms with Crippen LogP contribution in [0.1, 0.15) is 44.2 Å². The lowest BCUT2D eigenvalue weighted by molar-refractivity contribution is 0.104. The van der Waals surface area contributed by atoms with Gasteiger partial charge in [0.25, 0.3) is 0 Å². The Hall–Kier alpha value is -1.62. The van der Waals surface area contributed by atoms with Crippen molar-refractivity contribution in [3.05, 3.63) is 30.1 Å². The Morgan fingerprint density at radius 3 is 2.90 bits per heavy atom. The van der Waals surface area contributed by atoms with Crippen LogP contribution in [-0.4, -0.2) is 42.2 Å². The largest absolute Gasteiger partial charge is 0.378 e. The van der Waals surface area contributed by atoms with Crippen molar-refractivity contribution in [1.82, 2.24) is 15.2 Å². The third-order valence-electron chi connectivity index (χ3n) is 4.03. The summed E-state index contributed by atoms with van der Waals surface area (Å²) in [5.74, 6) is 0. The molecule has 1 saturated heterocycles. The summed E-state index contributed by atoms with van der Waals surface area (Å²) in [6.45, 7) is 3.61. The van der Waals surface area contributed by atoms with E-state index in [4.69, 9.17) is 4.74 Å². The molecule has 2 rings (SSSR count). The van der Waals surface area contributed by atoms with Crippen molar-refractivity contribution in [3.8, 4) is 0 Å². The van der Waals surface area contributed by atoms with Gasteiger partial charge in [-0.05, 0) is 43.4 Å². The van der Waals surface area contributed by atoms with Gasteiger partial charge in [-0.2, -0.15) is 0 Å². The Morgan fingerprint density at radius 2 is 2.29 bits per heavy atom. The first kappa shape index (κ1) is 15.8. The molecule has 2 amide bonds. The standard InChI is InChI=1S/C16H25N3O2/c1-3-15(13-6-9-17-10-7-13)19(2)16(20)18-11-8-14-5-4-12-21-14/h6-7,9-10,14-15H,3-5,8,11-12H2,1-2H3,(H,18,20). The maximum atomic E-state index is 12.2. The predicted molar refractivity (Wildman–Crippen MR) is 82.0 cm³/mol. The molecule has 1 aromatic heterocycles. The number of hydrogen-bond donors (Lipinski definition) is 1. The van der Waals surface area contributed by atoms with Crippen molar-refractivity contribution < 1.29 is 9.53 Å². The molecule has 0 saturated carbocycles. The Labute approximate surface area is 126 Å². The second-order valence-electron chi connectivity index (χ2n) is 5.47. The summed E-state index contributed by atoms with van der Waals surface area (Å²) in [6.07, 6.45) is 7.87. The van der Waals surface area contributed by atoms with Gasteiger partial charge in [0.15, 0.2) is 0 Å². The topological polar surface area (TPSA) is 54.5 Å². The molecule has 2 atom stereocenters. The van der Waals surface area contributed by atoms with E-state index in [1.54, 1.807) is 17.3 Å². The minimum atomic E-state index is -0.0309. The monoisotopic (exact) mass is 291 g/mol. The summed E-state index contributed by atoms with van der Waals surface area (Å²) in [4.78, 5) is 18.0. The fourth-order valence-corrected chi connectivity index (χ4v) is 2.80. The SMILES string of the molecule is CCC(c1ccncc1)N(C)C(=O)NCCC1CCCO1. The Morgan fingerprint density at radius 1 is 1.52 bits per heavy atom. The van der Waals surface area contributed by atoms with E-state index in [0.717, 1.165) is 37.9 Å². The van der Waals surface area contributed by atoms with E-state index in [2.05, 4.69) is 17.2 Å².